The molecule has 3 aromatic rings. The van der Waals surface area contributed by atoms with Crippen molar-refractivity contribution in [2.24, 2.45) is 0 Å². The van der Waals surface area contributed by atoms with Crippen LogP contribution in [0.4, 0.5) is 40.8 Å². The molecule has 1 aromatic carbocycles. The number of nitrogen functional groups attached to an aromatic ring is 2. The number of benzene rings is 1. The Kier molecular flexibility index (Phi) is 5.28. The Hall–Kier alpha value is -4.35. The maximum atomic E-state index is 13.0. The number of aromatic nitrogens is 2. The number of halogens is 3. The van der Waals surface area contributed by atoms with Crippen LogP contribution in [0.3, 0.4) is 0 Å². The highest BCUT2D eigenvalue weighted by molar-refractivity contribution is 6.26. The van der Waals surface area contributed by atoms with Gasteiger partial charge in [-0.2, -0.15) is 13.2 Å². The molecule has 1 aliphatic heterocycles. The molecule has 4 N–H and O–H groups in total. The van der Waals surface area contributed by atoms with Gasteiger partial charge in [-0.3, -0.25) is 14.7 Å². The number of carbonyl (C=O) groups is 2. The second kappa shape index (κ2) is 7.97. The lowest BCUT2D eigenvalue weighted by Crippen LogP contribution is -2.33. The molecule has 3 amide bonds. The summed E-state index contributed by atoms with van der Waals surface area (Å²) in [4.78, 5) is 34.7. The Morgan fingerprint density at radius 2 is 1.79 bits per heavy atom. The molecular weight excluding hydrogens is 441 g/mol. The molecule has 9 nitrogen and oxygen atoms in total. The number of carbonyl (C=O) groups excluding carboxylic acids is 2. The molecule has 0 radical (unpaired) electrons. The number of urea groups is 1. The molecule has 0 aliphatic carbocycles. The zero-order chi connectivity index (χ0) is 23.9. The molecule has 1 saturated heterocycles. The standard InChI is InChI=1S/C21H17F3N6O3/c1-11-6-13(2-3-15(11)33-16-4-5-28-19(26)18(16)25)30-17(31)10-29(20(30)32)14-7-12(8-27-9-14)21(22,23)24/h2-9H,10,25H2,1H3,(H2,26,28). The van der Waals surface area contributed by atoms with E-state index in [1.807, 2.05) is 0 Å². The van der Waals surface area contributed by atoms with Crippen molar-refractivity contribution in [3.8, 4) is 11.5 Å². The number of imide groups is 1. The first-order valence-corrected chi connectivity index (χ1v) is 9.51. The molecule has 0 atom stereocenters. The van der Waals surface area contributed by atoms with E-state index in [1.165, 1.54) is 24.4 Å². The average Bonchev–Trinajstić information content (AvgIpc) is 3.06. The monoisotopic (exact) mass is 458 g/mol. The Bertz CT molecular complexity index is 1260. The van der Waals surface area contributed by atoms with E-state index in [2.05, 4.69) is 9.97 Å². The predicted molar refractivity (Wildman–Crippen MR) is 114 cm³/mol. The summed E-state index contributed by atoms with van der Waals surface area (Å²) >= 11 is 0. The zero-order valence-electron chi connectivity index (χ0n) is 17.1. The summed E-state index contributed by atoms with van der Waals surface area (Å²) in [5, 5.41) is 0. The number of anilines is 4. The highest BCUT2D eigenvalue weighted by atomic mass is 19.4. The zero-order valence-corrected chi connectivity index (χ0v) is 17.1. The van der Waals surface area contributed by atoms with Gasteiger partial charge in [0.25, 0.3) is 5.91 Å². The largest absolute Gasteiger partial charge is 0.455 e. The quantitative estimate of drug-likeness (QED) is 0.570. The van der Waals surface area contributed by atoms with Crippen molar-refractivity contribution < 1.29 is 27.5 Å². The highest BCUT2D eigenvalue weighted by Gasteiger charge is 2.39. The molecule has 0 spiro atoms. The van der Waals surface area contributed by atoms with Crippen LogP contribution in [0.1, 0.15) is 11.1 Å². The van der Waals surface area contributed by atoms with E-state index >= 15 is 0 Å². The van der Waals surface area contributed by atoms with Crippen molar-refractivity contribution in [2.45, 2.75) is 13.1 Å². The van der Waals surface area contributed by atoms with Gasteiger partial charge in [0.2, 0.25) is 0 Å². The first-order valence-electron chi connectivity index (χ1n) is 9.51. The Morgan fingerprint density at radius 1 is 1.03 bits per heavy atom. The SMILES string of the molecule is Cc1cc(N2C(=O)CN(c3cncc(C(F)(F)F)c3)C2=O)ccc1Oc1ccnc(N)c1N. The summed E-state index contributed by atoms with van der Waals surface area (Å²) in [5.74, 6) is 0.194. The number of aryl methyl sites for hydroxylation is 1. The molecule has 1 aliphatic rings. The summed E-state index contributed by atoms with van der Waals surface area (Å²) in [6.07, 6.45) is -1.46. The van der Waals surface area contributed by atoms with Crippen molar-refractivity contribution in [3.05, 3.63) is 60.0 Å². The molecule has 12 heteroatoms. The van der Waals surface area contributed by atoms with Crippen LogP contribution < -0.4 is 26.0 Å². The van der Waals surface area contributed by atoms with Gasteiger partial charge in [0, 0.05) is 18.5 Å². The molecule has 2 aromatic heterocycles. The van der Waals surface area contributed by atoms with Gasteiger partial charge in [-0.25, -0.2) is 14.7 Å². The Balaban J connectivity index is 1.60. The van der Waals surface area contributed by atoms with Gasteiger partial charge in [0.1, 0.15) is 23.8 Å². The third kappa shape index (κ3) is 4.10. The van der Waals surface area contributed by atoms with Crippen molar-refractivity contribution in [2.75, 3.05) is 27.8 Å². The number of pyridine rings is 2. The summed E-state index contributed by atoms with van der Waals surface area (Å²) in [6.45, 7) is 1.27. The second-order valence-corrected chi connectivity index (χ2v) is 7.19. The van der Waals surface area contributed by atoms with E-state index < -0.39 is 30.2 Å². The van der Waals surface area contributed by atoms with Crippen LogP contribution in [0.2, 0.25) is 0 Å². The van der Waals surface area contributed by atoms with Crippen molar-refractivity contribution in [3.63, 3.8) is 0 Å². The van der Waals surface area contributed by atoms with Crippen LogP contribution in [0.25, 0.3) is 0 Å². The van der Waals surface area contributed by atoms with Crippen LogP contribution in [-0.2, 0) is 11.0 Å². The molecular formula is C21H17F3N6O3. The minimum atomic E-state index is -4.63. The number of alkyl halides is 3. The highest BCUT2D eigenvalue weighted by Crippen LogP contribution is 2.35. The molecule has 4 rings (SSSR count). The first kappa shape index (κ1) is 21.9. The van der Waals surface area contributed by atoms with Crippen LogP contribution >= 0.6 is 0 Å². The van der Waals surface area contributed by atoms with Gasteiger partial charge in [-0.15, -0.1) is 0 Å². The summed E-state index contributed by atoms with van der Waals surface area (Å²) in [6, 6.07) is 6.07. The number of ether oxygens (including phenoxy) is 1. The minimum absolute atomic E-state index is 0.110. The van der Waals surface area contributed by atoms with Crippen molar-refractivity contribution in [1.29, 1.82) is 0 Å². The number of amides is 3. The van der Waals surface area contributed by atoms with Crippen molar-refractivity contribution in [1.82, 2.24) is 9.97 Å². The first-order chi connectivity index (χ1) is 15.6. The van der Waals surface area contributed by atoms with E-state index in [4.69, 9.17) is 16.2 Å². The molecule has 33 heavy (non-hydrogen) atoms. The number of hydrogen-bond donors (Lipinski definition) is 2. The van der Waals surface area contributed by atoms with Gasteiger partial charge >= 0.3 is 12.2 Å². The second-order valence-electron chi connectivity index (χ2n) is 7.19. The smallest absolute Gasteiger partial charge is 0.417 e. The fourth-order valence-corrected chi connectivity index (χ4v) is 3.25. The lowest BCUT2D eigenvalue weighted by molar-refractivity contribution is -0.137. The van der Waals surface area contributed by atoms with E-state index in [0.29, 0.717) is 17.5 Å². The van der Waals surface area contributed by atoms with Crippen LogP contribution in [0, 0.1) is 6.92 Å². The van der Waals surface area contributed by atoms with Gasteiger partial charge in [-0.1, -0.05) is 0 Å². The summed E-state index contributed by atoms with van der Waals surface area (Å²) in [7, 11) is 0. The lowest BCUT2D eigenvalue weighted by atomic mass is 10.2. The van der Waals surface area contributed by atoms with Gasteiger partial charge in [-0.05, 0) is 36.8 Å². The molecule has 0 bridgehead atoms. The van der Waals surface area contributed by atoms with E-state index in [0.717, 1.165) is 22.1 Å². The van der Waals surface area contributed by atoms with E-state index in [-0.39, 0.29) is 28.6 Å². The molecule has 0 saturated carbocycles. The number of hydrogen-bond acceptors (Lipinski definition) is 7. The molecule has 0 unspecified atom stereocenters. The third-order valence-electron chi connectivity index (χ3n) is 4.95. The lowest BCUT2D eigenvalue weighted by Gasteiger charge is -2.19. The Morgan fingerprint density at radius 3 is 2.48 bits per heavy atom. The van der Waals surface area contributed by atoms with Gasteiger partial charge in [0.15, 0.2) is 5.75 Å². The van der Waals surface area contributed by atoms with E-state index in [1.54, 1.807) is 13.0 Å². The van der Waals surface area contributed by atoms with E-state index in [9.17, 15) is 22.8 Å². The number of nitrogens with two attached hydrogens (primary N) is 2. The number of nitrogens with zero attached hydrogens (tertiary/aromatic N) is 4. The summed E-state index contributed by atoms with van der Waals surface area (Å²) < 4.78 is 44.8. The van der Waals surface area contributed by atoms with Crippen LogP contribution in [-0.4, -0.2) is 28.5 Å². The normalized spacial score (nSPS) is 14.2. The third-order valence-corrected chi connectivity index (χ3v) is 4.95. The maximum absolute atomic E-state index is 13.0. The van der Waals surface area contributed by atoms with Gasteiger partial charge in [0.05, 0.1) is 23.1 Å². The minimum Gasteiger partial charge on any atom is -0.455 e. The van der Waals surface area contributed by atoms with Crippen molar-refractivity contribution >= 4 is 34.8 Å². The average molecular weight is 458 g/mol. The maximum Gasteiger partial charge on any atom is 0.417 e. The fraction of sp³-hybridized carbons (Fsp3) is 0.143. The fourth-order valence-electron chi connectivity index (χ4n) is 3.25. The predicted octanol–water partition coefficient (Wildman–Crippen LogP) is 3.73. The topological polar surface area (TPSA) is 128 Å². The molecule has 3 heterocycles. The summed E-state index contributed by atoms with van der Waals surface area (Å²) in [5.41, 5.74) is 11.4. The molecule has 170 valence electrons. The van der Waals surface area contributed by atoms with Gasteiger partial charge < -0.3 is 16.2 Å². The number of rotatable bonds is 4. The van der Waals surface area contributed by atoms with Crippen LogP contribution in [0.5, 0.6) is 11.5 Å². The molecule has 1 fully saturated rings. The van der Waals surface area contributed by atoms with Crippen LogP contribution in [0.15, 0.2) is 48.9 Å². The Labute approximate surface area is 185 Å².